The number of aromatic nitrogens is 1. The predicted octanol–water partition coefficient (Wildman–Crippen LogP) is 2.24. The first-order valence-electron chi connectivity index (χ1n) is 9.93. The maximum atomic E-state index is 12.5. The third-order valence-corrected chi connectivity index (χ3v) is 6.67. The van der Waals surface area contributed by atoms with Gasteiger partial charge in [-0.1, -0.05) is 19.3 Å². The summed E-state index contributed by atoms with van der Waals surface area (Å²) in [6, 6.07) is 0. The largest absolute Gasteiger partial charge is 0.300 e. The minimum absolute atomic E-state index is 0.176. The number of carbonyl (C=O) groups excluding carboxylic acids is 3. The first kappa shape index (κ1) is 18.6. The van der Waals surface area contributed by atoms with Crippen LogP contribution in [0.4, 0.5) is 5.13 Å². The molecular weight excluding hydrogens is 364 g/mol. The summed E-state index contributed by atoms with van der Waals surface area (Å²) < 4.78 is 0. The number of rotatable bonds is 5. The summed E-state index contributed by atoms with van der Waals surface area (Å²) in [6.45, 7) is 2.80. The van der Waals surface area contributed by atoms with Crippen molar-refractivity contribution in [1.82, 2.24) is 14.8 Å². The molecule has 1 aromatic rings. The summed E-state index contributed by atoms with van der Waals surface area (Å²) in [5, 5.41) is 5.25. The zero-order valence-corrected chi connectivity index (χ0v) is 16.3. The van der Waals surface area contributed by atoms with Crippen molar-refractivity contribution in [3.05, 3.63) is 11.1 Å². The second-order valence-electron chi connectivity index (χ2n) is 7.79. The number of anilines is 1. The van der Waals surface area contributed by atoms with Gasteiger partial charge in [0.25, 0.3) is 0 Å². The van der Waals surface area contributed by atoms with E-state index >= 15 is 0 Å². The van der Waals surface area contributed by atoms with E-state index in [-0.39, 0.29) is 36.1 Å². The van der Waals surface area contributed by atoms with Gasteiger partial charge in [0.1, 0.15) is 6.54 Å². The summed E-state index contributed by atoms with van der Waals surface area (Å²) in [7, 11) is 0. The third-order valence-electron chi connectivity index (χ3n) is 5.87. The van der Waals surface area contributed by atoms with Crippen LogP contribution in [-0.4, -0.2) is 52.1 Å². The lowest BCUT2D eigenvalue weighted by atomic mass is 9.81. The lowest BCUT2D eigenvalue weighted by Gasteiger charge is -2.25. The monoisotopic (exact) mass is 390 g/mol. The van der Waals surface area contributed by atoms with Gasteiger partial charge >= 0.3 is 0 Å². The van der Waals surface area contributed by atoms with Crippen LogP contribution in [0.25, 0.3) is 0 Å². The van der Waals surface area contributed by atoms with Crippen molar-refractivity contribution in [1.29, 1.82) is 0 Å². The van der Waals surface area contributed by atoms with Gasteiger partial charge in [0.05, 0.1) is 17.5 Å². The van der Waals surface area contributed by atoms with E-state index in [4.69, 9.17) is 0 Å². The highest BCUT2D eigenvalue weighted by Crippen LogP contribution is 2.37. The Morgan fingerprint density at radius 1 is 1.07 bits per heavy atom. The number of likely N-dealkylation sites (tertiary alicyclic amines) is 2. The number of imide groups is 1. The Hall–Kier alpha value is -1.80. The highest BCUT2D eigenvalue weighted by Gasteiger charge is 2.48. The lowest BCUT2D eigenvalue weighted by Crippen LogP contribution is -2.38. The fourth-order valence-corrected chi connectivity index (χ4v) is 5.19. The normalized spacial score (nSPS) is 26.3. The maximum Gasteiger partial charge on any atom is 0.246 e. The van der Waals surface area contributed by atoms with Gasteiger partial charge in [0.15, 0.2) is 5.13 Å². The summed E-state index contributed by atoms with van der Waals surface area (Å²) in [6.07, 6.45) is 7.25. The van der Waals surface area contributed by atoms with Crippen molar-refractivity contribution in [3.63, 3.8) is 0 Å². The average molecular weight is 391 g/mol. The highest BCUT2D eigenvalue weighted by atomic mass is 32.1. The fraction of sp³-hybridized carbons (Fsp3) is 0.684. The Kier molecular flexibility index (Phi) is 5.54. The zero-order chi connectivity index (χ0) is 18.8. The Labute approximate surface area is 163 Å². The first-order chi connectivity index (χ1) is 13.1. The molecule has 3 aliphatic rings. The summed E-state index contributed by atoms with van der Waals surface area (Å²) in [4.78, 5) is 45.3. The van der Waals surface area contributed by atoms with Crippen molar-refractivity contribution >= 4 is 34.2 Å². The molecule has 2 saturated heterocycles. The Morgan fingerprint density at radius 3 is 2.41 bits per heavy atom. The lowest BCUT2D eigenvalue weighted by molar-refractivity contribution is -0.142. The van der Waals surface area contributed by atoms with E-state index in [0.29, 0.717) is 5.13 Å². The van der Waals surface area contributed by atoms with Crippen LogP contribution in [0.15, 0.2) is 5.38 Å². The molecule has 1 aromatic heterocycles. The van der Waals surface area contributed by atoms with Gasteiger partial charge in [0, 0.05) is 11.9 Å². The van der Waals surface area contributed by atoms with E-state index < -0.39 is 0 Å². The van der Waals surface area contributed by atoms with Gasteiger partial charge < -0.3 is 5.32 Å². The van der Waals surface area contributed by atoms with Crippen molar-refractivity contribution in [2.24, 2.45) is 11.8 Å². The molecule has 0 bridgehead atoms. The quantitative estimate of drug-likeness (QED) is 0.780. The van der Waals surface area contributed by atoms with Crippen molar-refractivity contribution < 1.29 is 14.4 Å². The molecule has 0 radical (unpaired) electrons. The molecule has 3 amide bonds. The second-order valence-corrected chi connectivity index (χ2v) is 8.65. The molecule has 27 heavy (non-hydrogen) atoms. The summed E-state index contributed by atoms with van der Waals surface area (Å²) >= 11 is 1.39. The zero-order valence-electron chi connectivity index (χ0n) is 15.5. The first-order valence-corrected chi connectivity index (χ1v) is 10.8. The van der Waals surface area contributed by atoms with Crippen LogP contribution >= 0.6 is 11.3 Å². The van der Waals surface area contributed by atoms with Crippen LogP contribution in [-0.2, 0) is 20.9 Å². The van der Waals surface area contributed by atoms with Crippen LogP contribution in [0.3, 0.4) is 0 Å². The highest BCUT2D eigenvalue weighted by molar-refractivity contribution is 7.13. The van der Waals surface area contributed by atoms with Gasteiger partial charge in [-0.3, -0.25) is 24.2 Å². The smallest absolute Gasteiger partial charge is 0.246 e. The van der Waals surface area contributed by atoms with Crippen LogP contribution in [0.2, 0.25) is 0 Å². The molecule has 8 heteroatoms. The number of fused-ring (bicyclic) bond motifs is 1. The van der Waals surface area contributed by atoms with Crippen LogP contribution in [0, 0.1) is 11.8 Å². The van der Waals surface area contributed by atoms with Gasteiger partial charge in [-0.2, -0.15) is 0 Å². The SMILES string of the molecule is O=C(CN1C(=O)C2CCCCC2C1=O)Nc1nc(CN2CCCCC2)cs1. The molecule has 4 rings (SSSR count). The number of hydrogen-bond donors (Lipinski definition) is 1. The number of thiazole rings is 1. The van der Waals surface area contributed by atoms with E-state index in [2.05, 4.69) is 15.2 Å². The molecule has 0 aromatic carbocycles. The molecule has 1 saturated carbocycles. The maximum absolute atomic E-state index is 12.5. The Balaban J connectivity index is 1.31. The number of amides is 3. The molecule has 1 N–H and O–H groups in total. The van der Waals surface area contributed by atoms with Gasteiger partial charge in [-0.05, 0) is 38.8 Å². The molecule has 2 atom stereocenters. The topological polar surface area (TPSA) is 82.6 Å². The van der Waals surface area contributed by atoms with E-state index in [0.717, 1.165) is 55.9 Å². The molecule has 3 heterocycles. The third kappa shape index (κ3) is 4.06. The Bertz CT molecular complexity index is 704. The number of piperidine rings is 1. The van der Waals surface area contributed by atoms with Crippen LogP contribution < -0.4 is 5.32 Å². The van der Waals surface area contributed by atoms with E-state index in [1.54, 1.807) is 0 Å². The number of nitrogens with one attached hydrogen (secondary N) is 1. The van der Waals surface area contributed by atoms with Gasteiger partial charge in [-0.15, -0.1) is 11.3 Å². The Morgan fingerprint density at radius 2 is 1.74 bits per heavy atom. The summed E-state index contributed by atoms with van der Waals surface area (Å²) in [5.41, 5.74) is 0.955. The standard InChI is InChI=1S/C19H26N4O3S/c24-16(11-23-17(25)14-6-2-3-7-15(14)18(23)26)21-19-20-13(12-27-19)10-22-8-4-1-5-9-22/h12,14-15H,1-11H2,(H,20,21,24). The van der Waals surface area contributed by atoms with E-state index in [9.17, 15) is 14.4 Å². The average Bonchev–Trinajstić information content (AvgIpc) is 3.21. The number of nitrogens with zero attached hydrogens (tertiary/aromatic N) is 3. The van der Waals surface area contributed by atoms with Crippen molar-refractivity contribution in [2.75, 3.05) is 25.0 Å². The van der Waals surface area contributed by atoms with Gasteiger partial charge in [0.2, 0.25) is 17.7 Å². The molecule has 2 unspecified atom stereocenters. The molecular formula is C19H26N4O3S. The molecule has 3 fully saturated rings. The molecule has 146 valence electrons. The van der Waals surface area contributed by atoms with E-state index in [1.807, 2.05) is 5.38 Å². The minimum atomic E-state index is -0.353. The minimum Gasteiger partial charge on any atom is -0.300 e. The number of hydrogen-bond acceptors (Lipinski definition) is 6. The van der Waals surface area contributed by atoms with Crippen molar-refractivity contribution in [2.45, 2.75) is 51.5 Å². The van der Waals surface area contributed by atoms with E-state index in [1.165, 1.54) is 30.6 Å². The second kappa shape index (κ2) is 8.06. The predicted molar refractivity (Wildman–Crippen MR) is 102 cm³/mol. The fourth-order valence-electron chi connectivity index (χ4n) is 4.47. The van der Waals surface area contributed by atoms with Gasteiger partial charge in [-0.25, -0.2) is 4.98 Å². The molecule has 2 aliphatic heterocycles. The summed E-state index contributed by atoms with van der Waals surface area (Å²) in [5.74, 6) is -1.13. The van der Waals surface area contributed by atoms with Crippen LogP contribution in [0.1, 0.15) is 50.6 Å². The number of carbonyl (C=O) groups is 3. The van der Waals surface area contributed by atoms with Crippen molar-refractivity contribution in [3.8, 4) is 0 Å². The molecule has 7 nitrogen and oxygen atoms in total. The molecule has 1 aliphatic carbocycles. The van der Waals surface area contributed by atoms with Crippen LogP contribution in [0.5, 0.6) is 0 Å². The molecule has 0 spiro atoms.